The van der Waals surface area contributed by atoms with Crippen molar-refractivity contribution >= 4 is 11.4 Å². The maximum atomic E-state index is 7.25. The van der Waals surface area contributed by atoms with Gasteiger partial charge in [0.15, 0.2) is 0 Å². The number of aryl methyl sites for hydroxylation is 1. The van der Waals surface area contributed by atoms with Gasteiger partial charge in [0.25, 0.3) is 0 Å². The molecule has 1 aliphatic rings. The van der Waals surface area contributed by atoms with Crippen LogP contribution < -0.4 is 9.64 Å². The number of aromatic nitrogens is 2. The third-order valence-corrected chi connectivity index (χ3v) is 5.83. The summed E-state index contributed by atoms with van der Waals surface area (Å²) in [5.41, 5.74) is 5.70. The first-order valence-electron chi connectivity index (χ1n) is 13.6. The first-order chi connectivity index (χ1) is 19.1. The molecule has 0 N–H and O–H groups in total. The van der Waals surface area contributed by atoms with Gasteiger partial charge in [0.2, 0.25) is 0 Å². The van der Waals surface area contributed by atoms with E-state index >= 15 is 0 Å². The van der Waals surface area contributed by atoms with Crippen molar-refractivity contribution in [3.63, 3.8) is 0 Å². The van der Waals surface area contributed by atoms with Crippen molar-refractivity contribution in [2.75, 3.05) is 4.90 Å². The molecule has 3 heterocycles. The minimum Gasteiger partial charge on any atom is -0.473 e. The number of benzene rings is 3. The van der Waals surface area contributed by atoms with Gasteiger partial charge in [0.05, 0.1) is 11.4 Å². The topological polar surface area (TPSA) is 38.2 Å². The van der Waals surface area contributed by atoms with E-state index in [9.17, 15) is 0 Å². The molecule has 193 valence electrons. The molecule has 0 saturated heterocycles. The van der Waals surface area contributed by atoms with E-state index in [0.717, 1.165) is 45.4 Å². The number of pyridine rings is 2. The van der Waals surface area contributed by atoms with E-state index in [1.54, 1.807) is 18.3 Å². The Morgan fingerprint density at radius 2 is 1.50 bits per heavy atom. The van der Waals surface area contributed by atoms with Crippen LogP contribution in [0.4, 0.5) is 11.4 Å². The van der Waals surface area contributed by atoms with Gasteiger partial charge in [-0.2, -0.15) is 0 Å². The van der Waals surface area contributed by atoms with Crippen molar-refractivity contribution in [1.82, 2.24) is 9.97 Å². The van der Waals surface area contributed by atoms with Gasteiger partial charge in [-0.1, -0.05) is 54.9 Å². The summed E-state index contributed by atoms with van der Waals surface area (Å²) in [5, 5.41) is 0. The summed E-state index contributed by atoms with van der Waals surface area (Å²) < 4.78 is 27.9. The standard InChI is InChI=1S/C21H19N2O.C12H10N.Ir/c1-21(2,3)23-17-11-4-5-12-18(17)24-19-13-8-9-15(20(19)23)16-10-6-7-14-22-16;1-10-5-7-11(8-6-10)12-4-2-3-9-13-12;/h4-8,10-14H,1-3H3;2-7,9H,1H3;/q2*-1;/i;1D3;. The van der Waals surface area contributed by atoms with Gasteiger partial charge in [-0.05, 0) is 56.4 Å². The Hall–Kier alpha value is -3.79. The summed E-state index contributed by atoms with van der Waals surface area (Å²) in [6, 6.07) is 34.6. The van der Waals surface area contributed by atoms with Gasteiger partial charge >= 0.3 is 0 Å². The van der Waals surface area contributed by atoms with Gasteiger partial charge in [0, 0.05) is 47.8 Å². The molecule has 0 bridgehead atoms. The molecule has 5 heteroatoms. The van der Waals surface area contributed by atoms with E-state index in [0.29, 0.717) is 5.56 Å². The van der Waals surface area contributed by atoms with E-state index < -0.39 is 6.85 Å². The van der Waals surface area contributed by atoms with Gasteiger partial charge < -0.3 is 19.6 Å². The Morgan fingerprint density at radius 1 is 0.789 bits per heavy atom. The van der Waals surface area contributed by atoms with Crippen LogP contribution in [-0.4, -0.2) is 15.5 Å². The van der Waals surface area contributed by atoms with Crippen LogP contribution in [0.25, 0.3) is 22.5 Å². The van der Waals surface area contributed by atoms with Gasteiger partial charge in [0.1, 0.15) is 5.75 Å². The Balaban J connectivity index is 0.000000200. The average molecular weight is 679 g/mol. The van der Waals surface area contributed by atoms with Crippen LogP contribution in [0.2, 0.25) is 0 Å². The normalized spacial score (nSPS) is 13.1. The van der Waals surface area contributed by atoms with Crippen molar-refractivity contribution in [3.8, 4) is 34.0 Å². The third kappa shape index (κ3) is 5.85. The first kappa shape index (κ1) is 23.3. The fourth-order valence-corrected chi connectivity index (χ4v) is 4.25. The van der Waals surface area contributed by atoms with Crippen LogP contribution in [-0.2, 0) is 20.1 Å². The molecule has 38 heavy (non-hydrogen) atoms. The maximum absolute atomic E-state index is 7.25. The molecule has 0 atom stereocenters. The number of ether oxygens (including phenoxy) is 1. The Morgan fingerprint density at radius 3 is 2.13 bits per heavy atom. The number of anilines is 2. The molecular weight excluding hydrogens is 647 g/mol. The largest absolute Gasteiger partial charge is 0.473 e. The summed E-state index contributed by atoms with van der Waals surface area (Å²) in [6.07, 6.45) is 3.50. The number of para-hydroxylation sites is 2. The van der Waals surface area contributed by atoms with Crippen LogP contribution in [0, 0.1) is 19.0 Å². The zero-order valence-electron chi connectivity index (χ0n) is 24.4. The third-order valence-electron chi connectivity index (χ3n) is 5.83. The summed E-state index contributed by atoms with van der Waals surface area (Å²) in [4.78, 5) is 11.0. The van der Waals surface area contributed by atoms with Crippen molar-refractivity contribution in [3.05, 3.63) is 121 Å². The molecule has 0 saturated carbocycles. The molecule has 0 amide bonds. The van der Waals surface area contributed by atoms with E-state index in [4.69, 9.17) is 8.85 Å². The average Bonchev–Trinajstić information content (AvgIpc) is 2.96. The Bertz CT molecular complexity index is 1590. The number of nitrogens with zero attached hydrogens (tertiary/aromatic N) is 3. The molecule has 4 nitrogen and oxygen atoms in total. The molecule has 1 aliphatic heterocycles. The zero-order valence-corrected chi connectivity index (χ0v) is 23.8. The van der Waals surface area contributed by atoms with E-state index in [1.165, 1.54) is 6.07 Å². The summed E-state index contributed by atoms with van der Waals surface area (Å²) in [5.74, 6) is 1.71. The summed E-state index contributed by atoms with van der Waals surface area (Å²) in [7, 11) is 0. The van der Waals surface area contributed by atoms with E-state index in [2.05, 4.69) is 53.8 Å². The van der Waals surface area contributed by atoms with Crippen molar-refractivity contribution in [2.24, 2.45) is 0 Å². The van der Waals surface area contributed by atoms with Crippen LogP contribution in [0.1, 0.15) is 30.4 Å². The molecular formula is C33H29IrN3O-2. The molecule has 0 fully saturated rings. The van der Waals surface area contributed by atoms with E-state index in [-0.39, 0.29) is 25.6 Å². The fraction of sp³-hybridized carbons (Fsp3) is 0.152. The monoisotopic (exact) mass is 679 g/mol. The maximum Gasteiger partial charge on any atom is 0.148 e. The van der Waals surface area contributed by atoms with Crippen molar-refractivity contribution < 1.29 is 29.0 Å². The smallest absolute Gasteiger partial charge is 0.148 e. The summed E-state index contributed by atoms with van der Waals surface area (Å²) in [6.45, 7) is 4.54. The number of rotatable bonds is 2. The minimum atomic E-state index is -2.07. The predicted octanol–water partition coefficient (Wildman–Crippen LogP) is 8.45. The van der Waals surface area contributed by atoms with Gasteiger partial charge in [-0.3, -0.25) is 0 Å². The molecule has 5 aromatic rings. The molecule has 3 aromatic carbocycles. The Labute approximate surface area is 242 Å². The SMILES string of the molecule is CC(C)(C)N1c2ccccc2Oc2cc[c-]c(-c3ccccn3)c21.[2H]C([2H])([2H])c1c[c-]c(-c2ccccn2)cc1.[Ir]. The summed E-state index contributed by atoms with van der Waals surface area (Å²) >= 11 is 0. The fourth-order valence-electron chi connectivity index (χ4n) is 4.25. The second-order valence-electron chi connectivity index (χ2n) is 9.56. The van der Waals surface area contributed by atoms with Crippen LogP contribution in [0.3, 0.4) is 0 Å². The zero-order chi connectivity index (χ0) is 28.3. The van der Waals surface area contributed by atoms with Crippen LogP contribution >= 0.6 is 0 Å². The quantitative estimate of drug-likeness (QED) is 0.176. The Kier molecular flexibility index (Phi) is 7.20. The number of hydrogen-bond donors (Lipinski definition) is 0. The first-order valence-corrected chi connectivity index (χ1v) is 12.1. The van der Waals surface area contributed by atoms with Crippen molar-refractivity contribution in [1.29, 1.82) is 0 Å². The molecule has 1 radical (unpaired) electrons. The second kappa shape index (κ2) is 11.7. The van der Waals surface area contributed by atoms with Gasteiger partial charge in [-0.25, -0.2) is 0 Å². The minimum absolute atomic E-state index is 0. The molecule has 6 rings (SSSR count). The van der Waals surface area contributed by atoms with Crippen LogP contribution in [0.15, 0.2) is 103 Å². The van der Waals surface area contributed by atoms with E-state index in [1.807, 2.05) is 72.9 Å². The number of fused-ring (bicyclic) bond motifs is 2. The molecule has 2 aromatic heterocycles. The van der Waals surface area contributed by atoms with Crippen LogP contribution in [0.5, 0.6) is 11.5 Å². The van der Waals surface area contributed by atoms with Crippen molar-refractivity contribution in [2.45, 2.75) is 33.2 Å². The predicted molar refractivity (Wildman–Crippen MR) is 150 cm³/mol. The molecule has 0 aliphatic carbocycles. The molecule has 0 unspecified atom stereocenters. The second-order valence-corrected chi connectivity index (χ2v) is 9.56. The number of hydrogen-bond acceptors (Lipinski definition) is 4. The molecule has 0 spiro atoms. The van der Waals surface area contributed by atoms with Gasteiger partial charge in [-0.15, -0.1) is 47.5 Å².